The van der Waals surface area contributed by atoms with Crippen molar-refractivity contribution in [2.24, 2.45) is 5.92 Å². The normalized spacial score (nSPS) is 21.4. The summed E-state index contributed by atoms with van der Waals surface area (Å²) in [6.45, 7) is 9.08. The number of carbonyl (C=O) groups is 1. The molecule has 33 heavy (non-hydrogen) atoms. The molecule has 0 spiro atoms. The van der Waals surface area contributed by atoms with Crippen LogP contribution in [-0.4, -0.2) is 20.6 Å². The molecule has 1 saturated carbocycles. The number of hydrogen-bond donors (Lipinski definition) is 2. The Morgan fingerprint density at radius 1 is 1.15 bits per heavy atom. The molecule has 1 aliphatic carbocycles. The van der Waals surface area contributed by atoms with Gasteiger partial charge < -0.3 is 5.32 Å². The monoisotopic (exact) mass is 478 g/mol. The van der Waals surface area contributed by atoms with E-state index in [1.165, 1.54) is 12.1 Å². The number of rotatable bonds is 7. The first-order valence-corrected chi connectivity index (χ1v) is 12.9. The molecule has 3 rings (SSSR count). The summed E-state index contributed by atoms with van der Waals surface area (Å²) in [4.78, 5) is 13.0. The number of sulfonamides is 1. The third kappa shape index (κ3) is 5.54. The zero-order chi connectivity index (χ0) is 24.8. The highest BCUT2D eigenvalue weighted by atomic mass is 32.2. The maximum atomic E-state index is 14.7. The summed E-state index contributed by atoms with van der Waals surface area (Å²) in [5.41, 5.74) is 0.559. The fourth-order valence-corrected chi connectivity index (χ4v) is 4.94. The molecule has 1 amide bonds. The van der Waals surface area contributed by atoms with Crippen molar-refractivity contribution in [2.75, 3.05) is 11.0 Å². The van der Waals surface area contributed by atoms with Gasteiger partial charge in [-0.1, -0.05) is 46.8 Å². The summed E-state index contributed by atoms with van der Waals surface area (Å²) in [6.07, 6.45) is 2.23. The van der Waals surface area contributed by atoms with Crippen LogP contribution in [0, 0.1) is 17.6 Å². The minimum absolute atomic E-state index is 0.0522. The van der Waals surface area contributed by atoms with E-state index < -0.39 is 32.5 Å². The number of benzene rings is 2. The van der Waals surface area contributed by atoms with Gasteiger partial charge in [-0.05, 0) is 53.6 Å². The van der Waals surface area contributed by atoms with Gasteiger partial charge in [0.25, 0.3) is 0 Å². The molecular formula is C25H32F2N2O3S. The summed E-state index contributed by atoms with van der Waals surface area (Å²) >= 11 is 0. The highest BCUT2D eigenvalue weighted by Crippen LogP contribution is 2.55. The van der Waals surface area contributed by atoms with E-state index in [0.717, 1.165) is 11.8 Å². The fourth-order valence-electron chi connectivity index (χ4n) is 4.38. The lowest BCUT2D eigenvalue weighted by atomic mass is 9.83. The quantitative estimate of drug-likeness (QED) is 0.576. The molecule has 0 aliphatic heterocycles. The lowest BCUT2D eigenvalue weighted by Gasteiger charge is -2.23. The van der Waals surface area contributed by atoms with E-state index in [9.17, 15) is 22.0 Å². The van der Waals surface area contributed by atoms with Gasteiger partial charge in [0.15, 0.2) is 0 Å². The smallest absolute Gasteiger partial charge is 0.229 e. The van der Waals surface area contributed by atoms with Crippen LogP contribution in [0.4, 0.5) is 14.5 Å². The van der Waals surface area contributed by atoms with Crippen LogP contribution in [0.5, 0.6) is 0 Å². The van der Waals surface area contributed by atoms with Gasteiger partial charge in [-0.15, -0.1) is 0 Å². The van der Waals surface area contributed by atoms with Crippen molar-refractivity contribution < 1.29 is 22.0 Å². The summed E-state index contributed by atoms with van der Waals surface area (Å²) in [5, 5.41) is 3.04. The molecule has 1 fully saturated rings. The van der Waals surface area contributed by atoms with Crippen LogP contribution in [0.25, 0.3) is 0 Å². The zero-order valence-electron chi connectivity index (χ0n) is 19.9. The van der Waals surface area contributed by atoms with Gasteiger partial charge in [0.1, 0.15) is 11.6 Å². The minimum Gasteiger partial charge on any atom is -0.349 e. The molecule has 0 aromatic heterocycles. The summed E-state index contributed by atoms with van der Waals surface area (Å²) < 4.78 is 54.6. The van der Waals surface area contributed by atoms with E-state index in [1.807, 2.05) is 13.8 Å². The van der Waals surface area contributed by atoms with Gasteiger partial charge in [-0.3, -0.25) is 9.52 Å². The second kappa shape index (κ2) is 8.70. The Morgan fingerprint density at radius 3 is 2.15 bits per heavy atom. The predicted molar refractivity (Wildman–Crippen MR) is 127 cm³/mol. The summed E-state index contributed by atoms with van der Waals surface area (Å²) in [5.74, 6) is -1.71. The van der Waals surface area contributed by atoms with E-state index in [1.54, 1.807) is 45.0 Å². The van der Waals surface area contributed by atoms with E-state index in [-0.39, 0.29) is 23.4 Å². The molecule has 3 atom stereocenters. The lowest BCUT2D eigenvalue weighted by Crippen LogP contribution is -2.31. The molecule has 0 heterocycles. The average molecular weight is 479 g/mol. The summed E-state index contributed by atoms with van der Waals surface area (Å²) in [7, 11) is -3.37. The van der Waals surface area contributed by atoms with Crippen molar-refractivity contribution >= 4 is 21.6 Å². The topological polar surface area (TPSA) is 75.3 Å². The minimum atomic E-state index is -3.37. The Balaban J connectivity index is 1.74. The number of carbonyl (C=O) groups excluding carboxylic acids is 1. The van der Waals surface area contributed by atoms with Crippen molar-refractivity contribution in [1.82, 2.24) is 5.32 Å². The Kier molecular flexibility index (Phi) is 6.63. The highest BCUT2D eigenvalue weighted by molar-refractivity contribution is 7.92. The zero-order valence-corrected chi connectivity index (χ0v) is 20.7. The first-order valence-electron chi connectivity index (χ1n) is 11.0. The lowest BCUT2D eigenvalue weighted by molar-refractivity contribution is -0.123. The number of halogens is 2. The molecule has 2 aromatic rings. The van der Waals surface area contributed by atoms with E-state index in [2.05, 4.69) is 10.0 Å². The third-order valence-corrected chi connectivity index (χ3v) is 6.95. The van der Waals surface area contributed by atoms with Crippen LogP contribution in [0.15, 0.2) is 36.4 Å². The van der Waals surface area contributed by atoms with Crippen LogP contribution in [0.3, 0.4) is 0 Å². The first-order chi connectivity index (χ1) is 15.2. The van der Waals surface area contributed by atoms with Crippen molar-refractivity contribution in [2.45, 2.75) is 64.3 Å². The van der Waals surface area contributed by atoms with Gasteiger partial charge in [0.05, 0.1) is 12.3 Å². The summed E-state index contributed by atoms with van der Waals surface area (Å²) in [6, 6.07) is 9.30. The van der Waals surface area contributed by atoms with Crippen LogP contribution in [0.1, 0.15) is 70.2 Å². The molecule has 1 aliphatic rings. The van der Waals surface area contributed by atoms with Crippen molar-refractivity contribution in [3.8, 4) is 0 Å². The standard InChI is InChI=1S/C25H32F2N2O3S/c1-7-21(15-8-10-17(11-9-15)29-33(6,31)32)28-23(30)18-14-25(18,5)16-12-19(26)22(20(27)13-16)24(2,3)4/h8-13,18,21,29H,7,14H2,1-6H3,(H,28,30)/t18-,21-,25-/m1/s1. The van der Waals surface area contributed by atoms with Crippen LogP contribution >= 0.6 is 0 Å². The molecule has 8 heteroatoms. The molecule has 0 radical (unpaired) electrons. The SMILES string of the molecule is CC[C@@H](NC(=O)[C@H]1C[C@]1(C)c1cc(F)c(C(C)(C)C)c(F)c1)c1ccc(NS(C)(=O)=O)cc1. The first kappa shape index (κ1) is 25.1. The number of amides is 1. The Hall–Kier alpha value is -2.48. The fraction of sp³-hybridized carbons (Fsp3) is 0.480. The Bertz CT molecular complexity index is 1130. The van der Waals surface area contributed by atoms with Crippen molar-refractivity contribution in [3.63, 3.8) is 0 Å². The molecular weight excluding hydrogens is 446 g/mol. The Labute approximate surface area is 195 Å². The van der Waals surface area contributed by atoms with Gasteiger partial charge >= 0.3 is 0 Å². The molecule has 5 nitrogen and oxygen atoms in total. The molecule has 2 aromatic carbocycles. The molecule has 180 valence electrons. The third-order valence-electron chi connectivity index (χ3n) is 6.35. The van der Waals surface area contributed by atoms with E-state index in [4.69, 9.17) is 0 Å². The second-order valence-electron chi connectivity index (χ2n) is 10.2. The van der Waals surface area contributed by atoms with E-state index >= 15 is 0 Å². The maximum absolute atomic E-state index is 14.7. The second-order valence-corrected chi connectivity index (χ2v) is 12.0. The molecule has 0 unspecified atom stereocenters. The number of nitrogens with one attached hydrogen (secondary N) is 2. The largest absolute Gasteiger partial charge is 0.349 e. The van der Waals surface area contributed by atoms with Gasteiger partial charge in [-0.25, -0.2) is 17.2 Å². The molecule has 2 N–H and O–H groups in total. The van der Waals surface area contributed by atoms with Crippen LogP contribution in [0.2, 0.25) is 0 Å². The van der Waals surface area contributed by atoms with Crippen LogP contribution < -0.4 is 10.0 Å². The van der Waals surface area contributed by atoms with Gasteiger partial charge in [0.2, 0.25) is 15.9 Å². The van der Waals surface area contributed by atoms with Gasteiger partial charge in [0, 0.05) is 22.6 Å². The highest BCUT2D eigenvalue weighted by Gasteiger charge is 2.56. The maximum Gasteiger partial charge on any atom is 0.229 e. The molecule has 0 bridgehead atoms. The molecule has 0 saturated heterocycles. The van der Waals surface area contributed by atoms with Crippen LogP contribution in [-0.2, 0) is 25.6 Å². The predicted octanol–water partition coefficient (Wildman–Crippen LogP) is 5.18. The Morgan fingerprint density at radius 2 is 1.70 bits per heavy atom. The average Bonchev–Trinajstić information content (AvgIpc) is 3.37. The van der Waals surface area contributed by atoms with E-state index in [0.29, 0.717) is 24.1 Å². The number of anilines is 1. The van der Waals surface area contributed by atoms with Crippen molar-refractivity contribution in [3.05, 3.63) is 64.7 Å². The van der Waals surface area contributed by atoms with Gasteiger partial charge in [-0.2, -0.15) is 0 Å². The number of hydrogen-bond acceptors (Lipinski definition) is 3. The van der Waals surface area contributed by atoms with Crippen molar-refractivity contribution in [1.29, 1.82) is 0 Å².